The monoisotopic (exact) mass is 575 g/mol. The summed E-state index contributed by atoms with van der Waals surface area (Å²) in [4.78, 5) is 28.2. The summed E-state index contributed by atoms with van der Waals surface area (Å²) in [6, 6.07) is 10.9. The van der Waals surface area contributed by atoms with Crippen LogP contribution in [0.5, 0.6) is 5.75 Å². The molecule has 2 heterocycles. The maximum absolute atomic E-state index is 14.9. The van der Waals surface area contributed by atoms with Crippen LogP contribution in [0, 0.1) is 17.2 Å². The number of piperidine rings is 2. The second-order valence-electron chi connectivity index (χ2n) is 11.8. The summed E-state index contributed by atoms with van der Waals surface area (Å²) in [5.41, 5.74) is 5.75. The van der Waals surface area contributed by atoms with Crippen LogP contribution in [0.2, 0.25) is 0 Å². The number of rotatable bonds is 8. The molecule has 10 heteroatoms. The topological polar surface area (TPSA) is 75.9 Å². The number of benzene rings is 2. The van der Waals surface area contributed by atoms with Crippen molar-refractivity contribution in [3.63, 3.8) is 0 Å². The van der Waals surface area contributed by atoms with Crippen LogP contribution in [-0.2, 0) is 4.79 Å². The van der Waals surface area contributed by atoms with Crippen molar-refractivity contribution in [2.24, 2.45) is 17.1 Å². The first-order valence-electron chi connectivity index (χ1n) is 14.5. The van der Waals surface area contributed by atoms with Crippen molar-refractivity contribution in [1.82, 2.24) is 9.80 Å². The zero-order chi connectivity index (χ0) is 29.2. The van der Waals surface area contributed by atoms with E-state index in [1.807, 2.05) is 4.90 Å². The fourth-order valence-corrected chi connectivity index (χ4v) is 6.32. The molecule has 41 heavy (non-hydrogen) atoms. The van der Waals surface area contributed by atoms with Gasteiger partial charge in [-0.3, -0.25) is 9.59 Å². The molecule has 0 aromatic heterocycles. The lowest BCUT2D eigenvalue weighted by Crippen LogP contribution is -2.53. The van der Waals surface area contributed by atoms with E-state index in [4.69, 9.17) is 10.5 Å². The third kappa shape index (κ3) is 6.37. The van der Waals surface area contributed by atoms with E-state index in [0.29, 0.717) is 50.2 Å². The average molecular weight is 576 g/mol. The van der Waals surface area contributed by atoms with Crippen LogP contribution in [0.4, 0.5) is 17.6 Å². The highest BCUT2D eigenvalue weighted by molar-refractivity contribution is 5.97. The zero-order valence-electron chi connectivity index (χ0n) is 23.1. The Labute approximate surface area is 237 Å². The number of halogens is 4. The second-order valence-corrected chi connectivity index (χ2v) is 11.8. The molecule has 6 nitrogen and oxygen atoms in total. The SMILES string of the molecule is NC(=O)[C@H]1CCCCN1C(=O)c1ccc(-c2ccc(OCC3CCN(CC4(C(F)(F)F)CCC4)CC3)c(F)c2)cc1. The minimum absolute atomic E-state index is 0.0709. The maximum Gasteiger partial charge on any atom is 0.395 e. The van der Waals surface area contributed by atoms with E-state index in [1.165, 1.54) is 11.0 Å². The van der Waals surface area contributed by atoms with Gasteiger partial charge in [0.25, 0.3) is 5.91 Å². The predicted molar refractivity (Wildman–Crippen MR) is 147 cm³/mol. The van der Waals surface area contributed by atoms with Gasteiger partial charge in [0.15, 0.2) is 11.6 Å². The Kier molecular flexibility index (Phi) is 8.59. The first-order chi connectivity index (χ1) is 19.6. The van der Waals surface area contributed by atoms with Gasteiger partial charge in [-0.15, -0.1) is 0 Å². The van der Waals surface area contributed by atoms with E-state index in [9.17, 15) is 27.2 Å². The number of nitrogens with two attached hydrogens (primary N) is 1. The van der Waals surface area contributed by atoms with Crippen LogP contribution < -0.4 is 10.5 Å². The molecule has 2 aliphatic heterocycles. The van der Waals surface area contributed by atoms with E-state index in [1.54, 1.807) is 36.4 Å². The van der Waals surface area contributed by atoms with Crippen molar-refractivity contribution in [2.75, 3.05) is 32.8 Å². The molecule has 2 aromatic carbocycles. The quantitative estimate of drug-likeness (QED) is 0.404. The number of hydrogen-bond acceptors (Lipinski definition) is 4. The summed E-state index contributed by atoms with van der Waals surface area (Å²) in [7, 11) is 0. The van der Waals surface area contributed by atoms with Gasteiger partial charge < -0.3 is 20.3 Å². The van der Waals surface area contributed by atoms with Gasteiger partial charge in [-0.25, -0.2) is 4.39 Å². The summed E-state index contributed by atoms with van der Waals surface area (Å²) < 4.78 is 61.2. The van der Waals surface area contributed by atoms with Gasteiger partial charge in [0.1, 0.15) is 6.04 Å². The van der Waals surface area contributed by atoms with Crippen molar-refractivity contribution in [3.05, 3.63) is 53.8 Å². The summed E-state index contributed by atoms with van der Waals surface area (Å²) in [5.74, 6) is -0.956. The minimum Gasteiger partial charge on any atom is -0.490 e. The molecule has 222 valence electrons. The Hall–Kier alpha value is -3.14. The average Bonchev–Trinajstić information content (AvgIpc) is 2.94. The fraction of sp³-hybridized carbons (Fsp3) is 0.548. The number of ether oxygens (including phenoxy) is 1. The van der Waals surface area contributed by atoms with Crippen LogP contribution in [0.3, 0.4) is 0 Å². The lowest BCUT2D eigenvalue weighted by atomic mass is 9.67. The number of carbonyl (C=O) groups is 2. The van der Waals surface area contributed by atoms with Crippen molar-refractivity contribution in [3.8, 4) is 16.9 Å². The molecule has 5 rings (SSSR count). The number of amides is 2. The molecule has 1 saturated carbocycles. The number of primary amides is 1. The molecule has 2 aromatic rings. The van der Waals surface area contributed by atoms with Crippen LogP contribution in [-0.4, -0.2) is 66.6 Å². The molecule has 0 bridgehead atoms. The van der Waals surface area contributed by atoms with Crippen molar-refractivity contribution >= 4 is 11.8 Å². The Balaban J connectivity index is 1.13. The lowest BCUT2D eigenvalue weighted by Gasteiger charge is -2.47. The number of nitrogens with zero attached hydrogens (tertiary/aromatic N) is 2. The van der Waals surface area contributed by atoms with Gasteiger partial charge >= 0.3 is 6.18 Å². The lowest BCUT2D eigenvalue weighted by molar-refractivity contribution is -0.256. The second kappa shape index (κ2) is 12.0. The third-order valence-corrected chi connectivity index (χ3v) is 9.11. The smallest absolute Gasteiger partial charge is 0.395 e. The van der Waals surface area contributed by atoms with Gasteiger partial charge in [-0.2, -0.15) is 13.2 Å². The Morgan fingerprint density at radius 2 is 1.61 bits per heavy atom. The van der Waals surface area contributed by atoms with Crippen molar-refractivity contribution in [2.45, 2.75) is 63.6 Å². The summed E-state index contributed by atoms with van der Waals surface area (Å²) in [6.45, 7) is 2.05. The Bertz CT molecular complexity index is 1240. The summed E-state index contributed by atoms with van der Waals surface area (Å²) in [6.07, 6.45) is 0.588. The standard InChI is InChI=1S/C31H37F4N3O3/c32-25-18-24(22-5-7-23(8-6-22)29(40)38-15-2-1-4-26(38)28(36)39)9-10-27(25)41-19-21-11-16-37(17-12-21)20-30(13-3-14-30)31(33,34)35/h5-10,18,21,26H,1-4,11-17,19-20H2,(H2,36,39)/t26-/m1/s1. The van der Waals surface area contributed by atoms with Gasteiger partial charge in [0.05, 0.1) is 12.0 Å². The number of hydrogen-bond donors (Lipinski definition) is 1. The largest absolute Gasteiger partial charge is 0.490 e. The van der Waals surface area contributed by atoms with Crippen LogP contribution in [0.15, 0.2) is 42.5 Å². The van der Waals surface area contributed by atoms with Crippen LogP contribution in [0.25, 0.3) is 11.1 Å². The molecule has 2 saturated heterocycles. The molecule has 2 amide bonds. The Morgan fingerprint density at radius 1 is 0.927 bits per heavy atom. The molecular weight excluding hydrogens is 538 g/mol. The number of alkyl halides is 3. The highest BCUT2D eigenvalue weighted by Crippen LogP contribution is 2.53. The maximum atomic E-state index is 14.9. The van der Waals surface area contributed by atoms with Gasteiger partial charge in [0, 0.05) is 18.7 Å². The van der Waals surface area contributed by atoms with Crippen LogP contribution in [0.1, 0.15) is 61.7 Å². The zero-order valence-corrected chi connectivity index (χ0v) is 23.1. The molecule has 0 spiro atoms. The first kappa shape index (κ1) is 29.4. The van der Waals surface area contributed by atoms with Gasteiger partial charge in [0.2, 0.25) is 5.91 Å². The van der Waals surface area contributed by atoms with E-state index in [-0.39, 0.29) is 37.0 Å². The highest BCUT2D eigenvalue weighted by atomic mass is 19.4. The van der Waals surface area contributed by atoms with E-state index >= 15 is 0 Å². The molecule has 0 unspecified atom stereocenters. The van der Waals surface area contributed by atoms with E-state index in [2.05, 4.69) is 0 Å². The molecular formula is C31H37F4N3O3. The fourth-order valence-electron chi connectivity index (χ4n) is 6.32. The number of likely N-dealkylation sites (tertiary alicyclic amines) is 2. The van der Waals surface area contributed by atoms with Crippen molar-refractivity contribution < 1.29 is 31.9 Å². The molecule has 1 aliphatic carbocycles. The van der Waals surface area contributed by atoms with E-state index < -0.39 is 29.4 Å². The summed E-state index contributed by atoms with van der Waals surface area (Å²) in [5, 5.41) is 0. The molecule has 0 radical (unpaired) electrons. The van der Waals surface area contributed by atoms with E-state index in [0.717, 1.165) is 31.2 Å². The minimum atomic E-state index is -4.16. The predicted octanol–water partition coefficient (Wildman–Crippen LogP) is 5.80. The van der Waals surface area contributed by atoms with Gasteiger partial charge in [-0.1, -0.05) is 24.6 Å². The van der Waals surface area contributed by atoms with Crippen molar-refractivity contribution in [1.29, 1.82) is 0 Å². The first-order valence-corrected chi connectivity index (χ1v) is 14.5. The highest BCUT2D eigenvalue weighted by Gasteiger charge is 2.58. The third-order valence-electron chi connectivity index (χ3n) is 9.11. The Morgan fingerprint density at radius 3 is 2.20 bits per heavy atom. The molecule has 3 fully saturated rings. The summed E-state index contributed by atoms with van der Waals surface area (Å²) >= 11 is 0. The molecule has 3 aliphatic rings. The van der Waals surface area contributed by atoms with Gasteiger partial charge in [-0.05, 0) is 99.3 Å². The number of carbonyl (C=O) groups excluding carboxylic acids is 2. The normalized spacial score (nSPS) is 21.8. The van der Waals surface area contributed by atoms with Crippen LogP contribution >= 0.6 is 0 Å². The molecule has 2 N–H and O–H groups in total. The molecule has 1 atom stereocenters.